The second-order valence-electron chi connectivity index (χ2n) is 9.12. The molecule has 2 amide bonds. The summed E-state index contributed by atoms with van der Waals surface area (Å²) in [7, 11) is 0. The van der Waals surface area contributed by atoms with Crippen molar-refractivity contribution in [2.24, 2.45) is 5.41 Å². The molecule has 176 valence electrons. The Balaban J connectivity index is 1.77. The monoisotopic (exact) mass is 461 g/mol. The summed E-state index contributed by atoms with van der Waals surface area (Å²) in [5, 5.41) is 5.76. The summed E-state index contributed by atoms with van der Waals surface area (Å²) < 4.78 is 10.7. The highest BCUT2D eigenvalue weighted by atomic mass is 32.1. The van der Waals surface area contributed by atoms with Crippen LogP contribution in [-0.4, -0.2) is 35.9 Å². The van der Waals surface area contributed by atoms with Gasteiger partial charge in [0.2, 0.25) is 0 Å². The lowest BCUT2D eigenvalue weighted by Crippen LogP contribution is -2.37. The molecule has 0 aliphatic rings. The van der Waals surface area contributed by atoms with Crippen molar-refractivity contribution in [3.05, 3.63) is 52.5 Å². The number of hydrogen-bond donors (Lipinski definition) is 2. The lowest BCUT2D eigenvalue weighted by molar-refractivity contribution is 0.0823. The summed E-state index contributed by atoms with van der Waals surface area (Å²) in [5.74, 6) is 0. The third-order valence-corrected chi connectivity index (χ3v) is 5.44. The summed E-state index contributed by atoms with van der Waals surface area (Å²) in [6.45, 7) is 8.94. The van der Waals surface area contributed by atoms with Crippen molar-refractivity contribution in [1.29, 1.82) is 0 Å². The number of carbonyl (C=O) groups excluding carboxylic acids is 2. The lowest BCUT2D eigenvalue weighted by atomic mass is 9.90. The van der Waals surface area contributed by atoms with E-state index in [1.54, 1.807) is 11.7 Å². The van der Waals surface area contributed by atoms with Gasteiger partial charge in [-0.3, -0.25) is 4.98 Å². The van der Waals surface area contributed by atoms with Crippen LogP contribution < -0.4 is 10.6 Å². The van der Waals surface area contributed by atoms with E-state index in [1.807, 2.05) is 37.3 Å². The van der Waals surface area contributed by atoms with Gasteiger partial charge in [0.1, 0.15) is 12.7 Å². The number of nitrogens with zero attached hydrogens (tertiary/aromatic N) is 1. The Labute approximate surface area is 194 Å². The number of rotatable bonds is 11. The number of hydrogen-bond acceptors (Lipinski definition) is 6. The minimum Gasteiger partial charge on any atom is -0.447 e. The van der Waals surface area contributed by atoms with Crippen molar-refractivity contribution in [1.82, 2.24) is 15.6 Å². The minimum absolute atomic E-state index is 0.102. The molecule has 1 heterocycles. The zero-order valence-corrected chi connectivity index (χ0v) is 20.2. The maximum Gasteiger partial charge on any atom is 0.407 e. The van der Waals surface area contributed by atoms with Gasteiger partial charge < -0.3 is 20.1 Å². The van der Waals surface area contributed by atoms with E-state index in [0.29, 0.717) is 25.8 Å². The van der Waals surface area contributed by atoms with Crippen LogP contribution in [0, 0.1) is 5.41 Å². The van der Waals surface area contributed by atoms with Crippen LogP contribution in [0.1, 0.15) is 57.4 Å². The van der Waals surface area contributed by atoms with Crippen LogP contribution in [0.4, 0.5) is 9.59 Å². The van der Waals surface area contributed by atoms with Gasteiger partial charge in [-0.2, -0.15) is 0 Å². The van der Waals surface area contributed by atoms with Gasteiger partial charge in [0, 0.05) is 18.8 Å². The molecule has 0 bridgehead atoms. The first-order valence-corrected chi connectivity index (χ1v) is 11.9. The average Bonchev–Trinajstić information content (AvgIpc) is 3.22. The number of amides is 2. The molecule has 0 saturated carbocycles. The molecule has 8 heteroatoms. The summed E-state index contributed by atoms with van der Waals surface area (Å²) in [5.41, 5.74) is 2.94. The van der Waals surface area contributed by atoms with Crippen LogP contribution in [0.15, 0.2) is 42.0 Å². The van der Waals surface area contributed by atoms with Crippen molar-refractivity contribution >= 4 is 23.5 Å². The summed E-state index contributed by atoms with van der Waals surface area (Å²) in [6.07, 6.45) is 3.57. The van der Waals surface area contributed by atoms with Crippen molar-refractivity contribution in [2.75, 3.05) is 6.54 Å². The topological polar surface area (TPSA) is 89.6 Å². The molecule has 0 aliphatic heterocycles. The number of carbonyl (C=O) groups is 2. The van der Waals surface area contributed by atoms with Crippen LogP contribution in [0.25, 0.3) is 0 Å². The molecule has 1 unspecified atom stereocenters. The summed E-state index contributed by atoms with van der Waals surface area (Å²) >= 11 is 1.44. The van der Waals surface area contributed by atoms with Gasteiger partial charge in [0.05, 0.1) is 10.4 Å². The quantitative estimate of drug-likeness (QED) is 0.443. The minimum atomic E-state index is -0.456. The van der Waals surface area contributed by atoms with Crippen LogP contribution in [0.5, 0.6) is 0 Å². The Morgan fingerprint density at radius 3 is 2.56 bits per heavy atom. The predicted molar refractivity (Wildman–Crippen MR) is 127 cm³/mol. The molecule has 32 heavy (non-hydrogen) atoms. The number of thiazole rings is 1. The second-order valence-corrected chi connectivity index (χ2v) is 10.1. The third kappa shape index (κ3) is 11.1. The zero-order valence-electron chi connectivity index (χ0n) is 19.4. The Kier molecular flexibility index (Phi) is 10.5. The highest BCUT2D eigenvalue weighted by molar-refractivity contribution is 7.09. The SMILES string of the molecule is CC(CC(C)(C)C)OC(=O)NCCC[C@H](Cc1ccccc1)NC(=O)OCc1cncs1. The van der Waals surface area contributed by atoms with Crippen LogP contribution in [-0.2, 0) is 22.5 Å². The summed E-state index contributed by atoms with van der Waals surface area (Å²) in [4.78, 5) is 29.2. The van der Waals surface area contributed by atoms with E-state index >= 15 is 0 Å². The van der Waals surface area contributed by atoms with E-state index in [-0.39, 0.29) is 24.2 Å². The molecule has 1 aromatic carbocycles. The van der Waals surface area contributed by atoms with Gasteiger partial charge in [-0.15, -0.1) is 11.3 Å². The van der Waals surface area contributed by atoms with E-state index < -0.39 is 12.2 Å². The molecule has 0 fully saturated rings. The highest BCUT2D eigenvalue weighted by Crippen LogP contribution is 2.22. The fraction of sp³-hybridized carbons (Fsp3) is 0.542. The molecule has 0 saturated heterocycles. The van der Waals surface area contributed by atoms with Gasteiger partial charge in [0.25, 0.3) is 0 Å². The lowest BCUT2D eigenvalue weighted by Gasteiger charge is -2.23. The number of ether oxygens (including phenoxy) is 2. The molecule has 0 radical (unpaired) electrons. The Morgan fingerprint density at radius 1 is 1.16 bits per heavy atom. The second kappa shape index (κ2) is 13.1. The highest BCUT2D eigenvalue weighted by Gasteiger charge is 2.19. The fourth-order valence-corrected chi connectivity index (χ4v) is 3.96. The van der Waals surface area contributed by atoms with Crippen LogP contribution in [0.2, 0.25) is 0 Å². The molecule has 7 nitrogen and oxygen atoms in total. The van der Waals surface area contributed by atoms with Crippen LogP contribution >= 0.6 is 11.3 Å². The van der Waals surface area contributed by atoms with E-state index in [4.69, 9.17) is 9.47 Å². The maximum absolute atomic E-state index is 12.3. The molecular weight excluding hydrogens is 426 g/mol. The smallest absolute Gasteiger partial charge is 0.407 e. The first kappa shape index (κ1) is 25.6. The third-order valence-electron chi connectivity index (χ3n) is 4.68. The standard InChI is InChI=1S/C24H35N3O4S/c1-18(14-24(2,3)4)31-22(28)26-12-8-11-20(13-19-9-6-5-7-10-19)27-23(29)30-16-21-15-25-17-32-21/h5-7,9-10,15,17-18,20H,8,11-14,16H2,1-4H3,(H,26,28)(H,27,29)/t18?,20-/m1/s1. The van der Waals surface area contributed by atoms with Crippen molar-refractivity contribution < 1.29 is 19.1 Å². The average molecular weight is 462 g/mol. The molecule has 0 spiro atoms. The number of benzene rings is 1. The first-order valence-electron chi connectivity index (χ1n) is 11.0. The predicted octanol–water partition coefficient (Wildman–Crippen LogP) is 5.31. The van der Waals surface area contributed by atoms with Crippen molar-refractivity contribution in [3.63, 3.8) is 0 Å². The largest absolute Gasteiger partial charge is 0.447 e. The molecule has 0 aliphatic carbocycles. The molecule has 1 aromatic heterocycles. The number of alkyl carbamates (subject to hydrolysis) is 2. The Bertz CT molecular complexity index is 806. The molecule has 2 N–H and O–H groups in total. The Hall–Kier alpha value is -2.61. The van der Waals surface area contributed by atoms with Crippen LogP contribution in [0.3, 0.4) is 0 Å². The Morgan fingerprint density at radius 2 is 1.91 bits per heavy atom. The van der Waals surface area contributed by atoms with E-state index in [9.17, 15) is 9.59 Å². The van der Waals surface area contributed by atoms with Gasteiger partial charge in [-0.1, -0.05) is 51.1 Å². The first-order chi connectivity index (χ1) is 15.2. The summed E-state index contributed by atoms with van der Waals surface area (Å²) in [6, 6.07) is 9.87. The number of nitrogens with one attached hydrogen (secondary N) is 2. The maximum atomic E-state index is 12.3. The molecule has 2 aromatic rings. The normalized spacial score (nSPS) is 13.1. The molecular formula is C24H35N3O4S. The fourth-order valence-electron chi connectivity index (χ4n) is 3.45. The molecule has 2 rings (SSSR count). The van der Waals surface area contributed by atoms with E-state index in [1.165, 1.54) is 11.3 Å². The number of aromatic nitrogens is 1. The van der Waals surface area contributed by atoms with Gasteiger partial charge in [-0.05, 0) is 43.6 Å². The van der Waals surface area contributed by atoms with Crippen molar-refractivity contribution in [2.45, 2.75) is 72.1 Å². The van der Waals surface area contributed by atoms with E-state index in [0.717, 1.165) is 16.9 Å². The molecule has 2 atom stereocenters. The van der Waals surface area contributed by atoms with Crippen molar-refractivity contribution in [3.8, 4) is 0 Å². The van der Waals surface area contributed by atoms with Gasteiger partial charge in [0.15, 0.2) is 0 Å². The van der Waals surface area contributed by atoms with Gasteiger partial charge >= 0.3 is 12.2 Å². The van der Waals surface area contributed by atoms with Gasteiger partial charge in [-0.25, -0.2) is 9.59 Å². The zero-order chi connectivity index (χ0) is 23.4. The van der Waals surface area contributed by atoms with E-state index in [2.05, 4.69) is 36.4 Å².